The summed E-state index contributed by atoms with van der Waals surface area (Å²) in [4.78, 5) is 12.7. The first-order valence-electron chi connectivity index (χ1n) is 8.83. The van der Waals surface area contributed by atoms with E-state index in [-0.39, 0.29) is 18.0 Å². The number of amides is 1. The van der Waals surface area contributed by atoms with Crippen LogP contribution in [0.3, 0.4) is 0 Å². The Labute approximate surface area is 144 Å². The minimum absolute atomic E-state index is 0.0447. The van der Waals surface area contributed by atoms with Crippen LogP contribution >= 0.6 is 0 Å². The maximum Gasteiger partial charge on any atom is 0.253 e. The van der Waals surface area contributed by atoms with Crippen LogP contribution < -0.4 is 10.6 Å². The summed E-state index contributed by atoms with van der Waals surface area (Å²) in [5.74, 6) is 0.0447. The highest BCUT2D eigenvalue weighted by Crippen LogP contribution is 2.25. The summed E-state index contributed by atoms with van der Waals surface area (Å²) in [6.45, 7) is 8.22. The number of nitrogens with zero attached hydrogens (tertiary/aromatic N) is 1. The lowest BCUT2D eigenvalue weighted by Gasteiger charge is -2.24. The van der Waals surface area contributed by atoms with Crippen LogP contribution in [0.2, 0.25) is 0 Å². The van der Waals surface area contributed by atoms with Crippen molar-refractivity contribution in [1.29, 1.82) is 0 Å². The van der Waals surface area contributed by atoms with Gasteiger partial charge in [0.15, 0.2) is 0 Å². The van der Waals surface area contributed by atoms with E-state index < -0.39 is 0 Å². The first kappa shape index (κ1) is 16.8. The van der Waals surface area contributed by atoms with Crippen molar-refractivity contribution in [1.82, 2.24) is 15.2 Å². The summed E-state index contributed by atoms with van der Waals surface area (Å²) in [5, 5.41) is 6.52. The van der Waals surface area contributed by atoms with Crippen LogP contribution in [0, 0.1) is 13.8 Å². The molecule has 4 heteroatoms. The molecule has 0 bridgehead atoms. The SMILES string of the molecule is Cc1cc(C(=O)NC2CCCNC2)c(C)n1C(C)c1ccccc1. The Bertz CT molecular complexity index is 699. The Morgan fingerprint density at radius 1 is 1.29 bits per heavy atom. The molecule has 2 N–H and O–H groups in total. The monoisotopic (exact) mass is 325 g/mol. The molecule has 0 spiro atoms. The molecule has 1 saturated heterocycles. The number of hydrogen-bond acceptors (Lipinski definition) is 2. The molecule has 1 fully saturated rings. The van der Waals surface area contributed by atoms with Gasteiger partial charge < -0.3 is 15.2 Å². The molecule has 2 aromatic rings. The van der Waals surface area contributed by atoms with Crippen molar-refractivity contribution < 1.29 is 4.79 Å². The molecule has 1 aliphatic heterocycles. The first-order chi connectivity index (χ1) is 11.6. The van der Waals surface area contributed by atoms with Gasteiger partial charge in [0.05, 0.1) is 11.6 Å². The molecule has 1 aromatic heterocycles. The fourth-order valence-electron chi connectivity index (χ4n) is 3.72. The lowest BCUT2D eigenvalue weighted by molar-refractivity contribution is 0.0930. The second kappa shape index (κ2) is 7.22. The van der Waals surface area contributed by atoms with Gasteiger partial charge in [-0.1, -0.05) is 30.3 Å². The molecular formula is C20H27N3O. The van der Waals surface area contributed by atoms with Crippen molar-refractivity contribution >= 4 is 5.91 Å². The third-order valence-corrected chi connectivity index (χ3v) is 5.03. The predicted octanol–water partition coefficient (Wildman–Crippen LogP) is 3.20. The number of nitrogens with one attached hydrogen (secondary N) is 2. The predicted molar refractivity (Wildman–Crippen MR) is 97.5 cm³/mol. The van der Waals surface area contributed by atoms with Crippen molar-refractivity contribution in [2.75, 3.05) is 13.1 Å². The van der Waals surface area contributed by atoms with E-state index in [4.69, 9.17) is 0 Å². The first-order valence-corrected chi connectivity index (χ1v) is 8.83. The van der Waals surface area contributed by atoms with Crippen LogP contribution in [-0.4, -0.2) is 29.6 Å². The van der Waals surface area contributed by atoms with Crippen LogP contribution in [0.25, 0.3) is 0 Å². The number of carbonyl (C=O) groups excluding carboxylic acids is 1. The maximum absolute atomic E-state index is 12.7. The fourth-order valence-corrected chi connectivity index (χ4v) is 3.72. The standard InChI is InChI=1S/C20H27N3O/c1-14-12-19(20(24)22-18-10-7-11-21-13-18)16(3)23(14)15(2)17-8-5-4-6-9-17/h4-6,8-9,12,15,18,21H,7,10-11,13H2,1-3H3,(H,22,24). The summed E-state index contributed by atoms with van der Waals surface area (Å²) in [6, 6.07) is 12.9. The molecule has 2 heterocycles. The van der Waals surface area contributed by atoms with E-state index in [1.165, 1.54) is 5.56 Å². The number of rotatable bonds is 4. The lowest BCUT2D eigenvalue weighted by atomic mass is 10.1. The minimum atomic E-state index is 0.0447. The van der Waals surface area contributed by atoms with Gasteiger partial charge in [0.1, 0.15) is 0 Å². The van der Waals surface area contributed by atoms with E-state index in [0.717, 1.165) is 42.9 Å². The Hall–Kier alpha value is -2.07. The molecule has 4 nitrogen and oxygen atoms in total. The van der Waals surface area contributed by atoms with Gasteiger partial charge >= 0.3 is 0 Å². The molecule has 1 aromatic carbocycles. The fraction of sp³-hybridized carbons (Fsp3) is 0.450. The Balaban J connectivity index is 1.82. The average molecular weight is 325 g/mol. The quantitative estimate of drug-likeness (QED) is 0.907. The third-order valence-electron chi connectivity index (χ3n) is 5.03. The maximum atomic E-state index is 12.7. The van der Waals surface area contributed by atoms with Gasteiger partial charge in [-0.15, -0.1) is 0 Å². The van der Waals surface area contributed by atoms with Crippen LogP contribution in [0.4, 0.5) is 0 Å². The molecule has 1 amide bonds. The molecular weight excluding hydrogens is 298 g/mol. The number of aromatic nitrogens is 1. The van der Waals surface area contributed by atoms with Crippen LogP contribution in [0.1, 0.15) is 53.1 Å². The van der Waals surface area contributed by atoms with E-state index in [1.54, 1.807) is 0 Å². The summed E-state index contributed by atoms with van der Waals surface area (Å²) >= 11 is 0. The molecule has 3 rings (SSSR count). The highest BCUT2D eigenvalue weighted by atomic mass is 16.1. The highest BCUT2D eigenvalue weighted by molar-refractivity contribution is 5.96. The van der Waals surface area contributed by atoms with Crippen molar-refractivity contribution in [3.8, 4) is 0 Å². The van der Waals surface area contributed by atoms with E-state index in [2.05, 4.69) is 53.3 Å². The van der Waals surface area contributed by atoms with E-state index >= 15 is 0 Å². The molecule has 128 valence electrons. The number of hydrogen-bond donors (Lipinski definition) is 2. The molecule has 24 heavy (non-hydrogen) atoms. The normalized spacial score (nSPS) is 19.0. The van der Waals surface area contributed by atoms with Crippen molar-refractivity contribution in [3.05, 3.63) is 58.9 Å². The zero-order valence-electron chi connectivity index (χ0n) is 14.8. The molecule has 1 aliphatic rings. The van der Waals surface area contributed by atoms with Gasteiger partial charge in [-0.2, -0.15) is 0 Å². The average Bonchev–Trinajstić information content (AvgIpc) is 2.90. The molecule has 2 atom stereocenters. The van der Waals surface area contributed by atoms with E-state index in [1.807, 2.05) is 19.1 Å². The topological polar surface area (TPSA) is 46.1 Å². The molecule has 0 saturated carbocycles. The van der Waals surface area contributed by atoms with Crippen molar-refractivity contribution in [3.63, 3.8) is 0 Å². The Morgan fingerprint density at radius 2 is 2.04 bits per heavy atom. The smallest absolute Gasteiger partial charge is 0.253 e. The van der Waals surface area contributed by atoms with Gasteiger partial charge in [-0.3, -0.25) is 4.79 Å². The number of carbonyl (C=O) groups is 1. The number of benzene rings is 1. The Kier molecular flexibility index (Phi) is 5.05. The van der Waals surface area contributed by atoms with Crippen LogP contribution in [0.15, 0.2) is 36.4 Å². The van der Waals surface area contributed by atoms with Gasteiger partial charge in [-0.05, 0) is 51.8 Å². The van der Waals surface area contributed by atoms with Crippen LogP contribution in [0.5, 0.6) is 0 Å². The third kappa shape index (κ3) is 3.39. The van der Waals surface area contributed by atoms with Crippen molar-refractivity contribution in [2.45, 2.75) is 45.7 Å². The summed E-state index contributed by atoms with van der Waals surface area (Å²) in [5.41, 5.74) is 4.20. The van der Waals surface area contributed by atoms with Gasteiger partial charge in [0.25, 0.3) is 5.91 Å². The highest BCUT2D eigenvalue weighted by Gasteiger charge is 2.22. The Morgan fingerprint density at radius 3 is 2.71 bits per heavy atom. The minimum Gasteiger partial charge on any atom is -0.348 e. The summed E-state index contributed by atoms with van der Waals surface area (Å²) in [6.07, 6.45) is 2.17. The van der Waals surface area contributed by atoms with Crippen molar-refractivity contribution in [2.24, 2.45) is 0 Å². The van der Waals surface area contributed by atoms with E-state index in [0.29, 0.717) is 0 Å². The zero-order chi connectivity index (χ0) is 17.1. The van der Waals surface area contributed by atoms with E-state index in [9.17, 15) is 4.79 Å². The van der Waals surface area contributed by atoms with Gasteiger partial charge in [0, 0.05) is 24.0 Å². The molecule has 2 unspecified atom stereocenters. The second-order valence-electron chi connectivity index (χ2n) is 6.76. The number of piperidine rings is 1. The van der Waals surface area contributed by atoms with Gasteiger partial charge in [-0.25, -0.2) is 0 Å². The summed E-state index contributed by atoms with van der Waals surface area (Å²) < 4.78 is 2.25. The lowest BCUT2D eigenvalue weighted by Crippen LogP contribution is -2.45. The molecule has 0 radical (unpaired) electrons. The largest absolute Gasteiger partial charge is 0.348 e. The summed E-state index contributed by atoms with van der Waals surface area (Å²) in [7, 11) is 0. The van der Waals surface area contributed by atoms with Gasteiger partial charge in [0.2, 0.25) is 0 Å². The zero-order valence-corrected chi connectivity index (χ0v) is 14.8. The number of aryl methyl sites for hydroxylation is 1. The second-order valence-corrected chi connectivity index (χ2v) is 6.76. The van der Waals surface area contributed by atoms with Crippen LogP contribution in [-0.2, 0) is 0 Å². The molecule has 0 aliphatic carbocycles.